The third-order valence-corrected chi connectivity index (χ3v) is 4.39. The predicted octanol–water partition coefficient (Wildman–Crippen LogP) is 3.30. The number of rotatable bonds is 9. The SMILES string of the molecule is COC[P+](=O)O[C@@H](Cc1ccccc1)C(=O)Nc1ccc(C(=O)O)cc1. The van der Waals surface area contributed by atoms with Crippen LogP contribution in [-0.2, 0) is 25.0 Å². The van der Waals surface area contributed by atoms with E-state index in [1.165, 1.54) is 31.4 Å². The Labute approximate surface area is 151 Å². The number of carbonyl (C=O) groups is 2. The van der Waals surface area contributed by atoms with Gasteiger partial charge in [-0.1, -0.05) is 30.3 Å². The number of amides is 1. The van der Waals surface area contributed by atoms with Crippen molar-refractivity contribution in [3.63, 3.8) is 0 Å². The van der Waals surface area contributed by atoms with Crippen LogP contribution in [0.15, 0.2) is 54.6 Å². The van der Waals surface area contributed by atoms with Gasteiger partial charge in [-0.3, -0.25) is 4.79 Å². The summed E-state index contributed by atoms with van der Waals surface area (Å²) < 4.78 is 22.0. The van der Waals surface area contributed by atoms with Crippen LogP contribution in [0.1, 0.15) is 15.9 Å². The number of carboxylic acids is 1. The molecule has 2 atom stereocenters. The van der Waals surface area contributed by atoms with Crippen molar-refractivity contribution in [3.05, 3.63) is 65.7 Å². The van der Waals surface area contributed by atoms with Crippen LogP contribution in [-0.4, -0.2) is 36.5 Å². The first-order valence-electron chi connectivity index (χ1n) is 7.78. The number of methoxy groups -OCH3 is 1. The molecule has 0 bridgehead atoms. The van der Waals surface area contributed by atoms with E-state index in [0.29, 0.717) is 5.69 Å². The minimum absolute atomic E-state index is 0.110. The molecular weight excluding hydrogens is 357 g/mol. The summed E-state index contributed by atoms with van der Waals surface area (Å²) in [6.07, 6.45) is -0.846. The van der Waals surface area contributed by atoms with Crippen molar-refractivity contribution in [1.82, 2.24) is 0 Å². The lowest BCUT2D eigenvalue weighted by atomic mass is 10.1. The third-order valence-electron chi connectivity index (χ3n) is 3.44. The Morgan fingerprint density at radius 3 is 2.35 bits per heavy atom. The first-order chi connectivity index (χ1) is 12.5. The van der Waals surface area contributed by atoms with Gasteiger partial charge in [0.2, 0.25) is 0 Å². The van der Waals surface area contributed by atoms with Crippen molar-refractivity contribution >= 4 is 25.6 Å². The van der Waals surface area contributed by atoms with Crippen molar-refractivity contribution in [1.29, 1.82) is 0 Å². The molecule has 2 aromatic rings. The molecule has 0 aliphatic carbocycles. The normalized spacial score (nSPS) is 12.3. The molecule has 7 nitrogen and oxygen atoms in total. The lowest BCUT2D eigenvalue weighted by molar-refractivity contribution is -0.122. The highest BCUT2D eigenvalue weighted by molar-refractivity contribution is 7.38. The number of anilines is 1. The molecule has 0 heterocycles. The first kappa shape index (κ1) is 19.7. The maximum absolute atomic E-state index is 12.6. The molecule has 1 amide bonds. The fourth-order valence-corrected chi connectivity index (χ4v) is 2.93. The van der Waals surface area contributed by atoms with E-state index in [9.17, 15) is 14.2 Å². The maximum atomic E-state index is 12.6. The number of benzene rings is 2. The van der Waals surface area contributed by atoms with Crippen LogP contribution in [0, 0.1) is 0 Å². The van der Waals surface area contributed by atoms with E-state index >= 15 is 0 Å². The molecule has 136 valence electrons. The molecule has 1 unspecified atom stereocenters. The number of nitrogens with one attached hydrogen (secondary N) is 1. The van der Waals surface area contributed by atoms with Gasteiger partial charge in [0.15, 0.2) is 6.10 Å². The van der Waals surface area contributed by atoms with Crippen LogP contribution in [0.25, 0.3) is 0 Å². The number of carbonyl (C=O) groups excluding carboxylic acids is 1. The molecule has 0 radical (unpaired) electrons. The smallest absolute Gasteiger partial charge is 0.478 e. The molecule has 0 spiro atoms. The van der Waals surface area contributed by atoms with Gasteiger partial charge in [0.25, 0.3) is 12.3 Å². The van der Waals surface area contributed by atoms with E-state index in [-0.39, 0.29) is 18.3 Å². The van der Waals surface area contributed by atoms with E-state index in [1.807, 2.05) is 30.3 Å². The van der Waals surface area contributed by atoms with E-state index in [4.69, 9.17) is 14.4 Å². The highest BCUT2D eigenvalue weighted by atomic mass is 31.1. The number of ether oxygens (including phenoxy) is 1. The molecule has 0 aliphatic rings. The average Bonchev–Trinajstić information content (AvgIpc) is 2.62. The zero-order valence-corrected chi connectivity index (χ0v) is 15.0. The zero-order valence-electron chi connectivity index (χ0n) is 14.1. The molecule has 8 heteroatoms. The Balaban J connectivity index is 2.10. The molecule has 0 saturated heterocycles. The largest absolute Gasteiger partial charge is 0.537 e. The van der Waals surface area contributed by atoms with Gasteiger partial charge in [0.05, 0.1) is 5.56 Å². The summed E-state index contributed by atoms with van der Waals surface area (Å²) in [4.78, 5) is 23.4. The predicted molar refractivity (Wildman–Crippen MR) is 96.5 cm³/mol. The molecule has 0 saturated carbocycles. The summed E-state index contributed by atoms with van der Waals surface area (Å²) in [5.74, 6) is -1.53. The third kappa shape index (κ3) is 6.04. The Kier molecular flexibility index (Phi) is 7.41. The first-order valence-corrected chi connectivity index (χ1v) is 9.14. The lowest BCUT2D eigenvalue weighted by Gasteiger charge is -2.12. The fourth-order valence-electron chi connectivity index (χ4n) is 2.20. The Bertz CT molecular complexity index is 763. The molecule has 2 N–H and O–H groups in total. The zero-order chi connectivity index (χ0) is 18.9. The van der Waals surface area contributed by atoms with Crippen LogP contribution in [0.3, 0.4) is 0 Å². The van der Waals surface area contributed by atoms with E-state index in [2.05, 4.69) is 5.32 Å². The maximum Gasteiger partial charge on any atom is 0.537 e. The van der Waals surface area contributed by atoms with Crippen LogP contribution in [0.2, 0.25) is 0 Å². The van der Waals surface area contributed by atoms with Gasteiger partial charge < -0.3 is 15.2 Å². The highest BCUT2D eigenvalue weighted by Gasteiger charge is 2.31. The summed E-state index contributed by atoms with van der Waals surface area (Å²) in [5.41, 5.74) is 1.39. The molecule has 0 aliphatic heterocycles. The van der Waals surface area contributed by atoms with Gasteiger partial charge in [-0.05, 0) is 34.4 Å². The van der Waals surface area contributed by atoms with Crippen LogP contribution >= 0.6 is 8.03 Å². The van der Waals surface area contributed by atoms with Crippen molar-refractivity contribution in [2.75, 3.05) is 18.8 Å². The molecule has 26 heavy (non-hydrogen) atoms. The highest BCUT2D eigenvalue weighted by Crippen LogP contribution is 2.26. The van der Waals surface area contributed by atoms with Gasteiger partial charge in [-0.2, -0.15) is 0 Å². The number of aromatic carboxylic acids is 1. The second-order valence-corrected chi connectivity index (χ2v) is 6.54. The minimum atomic E-state index is -2.15. The Morgan fingerprint density at radius 2 is 1.77 bits per heavy atom. The molecule has 0 aromatic heterocycles. The average molecular weight is 376 g/mol. The molecular formula is C18H19NO6P+. The fraction of sp³-hybridized carbons (Fsp3) is 0.222. The van der Waals surface area contributed by atoms with E-state index < -0.39 is 26.0 Å². The van der Waals surface area contributed by atoms with E-state index in [0.717, 1.165) is 5.56 Å². The summed E-state index contributed by atoms with van der Waals surface area (Å²) in [6, 6.07) is 14.9. The van der Waals surface area contributed by atoms with Crippen molar-refractivity contribution in [2.45, 2.75) is 12.5 Å². The summed E-state index contributed by atoms with van der Waals surface area (Å²) in [5, 5.41) is 11.6. The Hall–Kier alpha value is -2.60. The molecule has 2 aromatic carbocycles. The van der Waals surface area contributed by atoms with Crippen molar-refractivity contribution < 1.29 is 28.5 Å². The van der Waals surface area contributed by atoms with Gasteiger partial charge in [-0.15, -0.1) is 4.52 Å². The number of hydrogen-bond donors (Lipinski definition) is 2. The summed E-state index contributed by atoms with van der Waals surface area (Å²) >= 11 is 0. The van der Waals surface area contributed by atoms with Crippen LogP contribution in [0.5, 0.6) is 0 Å². The second-order valence-electron chi connectivity index (χ2n) is 5.41. The summed E-state index contributed by atoms with van der Waals surface area (Å²) in [7, 11) is -0.752. The van der Waals surface area contributed by atoms with Gasteiger partial charge in [0.1, 0.15) is 0 Å². The molecule has 0 fully saturated rings. The van der Waals surface area contributed by atoms with Gasteiger partial charge >= 0.3 is 14.0 Å². The monoisotopic (exact) mass is 376 g/mol. The number of carboxylic acid groups (broad SMARTS) is 1. The Morgan fingerprint density at radius 1 is 1.12 bits per heavy atom. The van der Waals surface area contributed by atoms with Crippen molar-refractivity contribution in [2.24, 2.45) is 0 Å². The van der Waals surface area contributed by atoms with Crippen molar-refractivity contribution in [3.8, 4) is 0 Å². The minimum Gasteiger partial charge on any atom is -0.478 e. The standard InChI is InChI=1S/C18H18NO6P/c1-24-12-26(23)25-16(11-13-5-3-2-4-6-13)17(20)19-15-9-7-14(8-10-15)18(21)22/h2-10,16H,11-12H2,1H3,(H-,19,20,21,22)/p+1/t16-/m0/s1. The quantitative estimate of drug-likeness (QED) is 0.651. The summed E-state index contributed by atoms with van der Waals surface area (Å²) in [6.45, 7) is 0. The molecule has 2 rings (SSSR count). The van der Waals surface area contributed by atoms with Gasteiger partial charge in [0, 0.05) is 19.2 Å². The second kappa shape index (κ2) is 9.77. The number of hydrogen-bond acceptors (Lipinski definition) is 5. The van der Waals surface area contributed by atoms with E-state index in [1.54, 1.807) is 0 Å². The van der Waals surface area contributed by atoms with Gasteiger partial charge in [-0.25, -0.2) is 4.79 Å². The van der Waals surface area contributed by atoms with Crippen LogP contribution in [0.4, 0.5) is 5.69 Å². The van der Waals surface area contributed by atoms with Crippen LogP contribution < -0.4 is 5.32 Å². The lowest BCUT2D eigenvalue weighted by Crippen LogP contribution is -2.31. The topological polar surface area (TPSA) is 102 Å².